The molecule has 222 valence electrons. The summed E-state index contributed by atoms with van der Waals surface area (Å²) in [6, 6.07) is 23.2. The average molecular weight is 699 g/mol. The lowest BCUT2D eigenvalue weighted by Gasteiger charge is -2.32. The Morgan fingerprint density at radius 1 is 0.976 bits per heavy atom. The van der Waals surface area contributed by atoms with Gasteiger partial charge >= 0.3 is 0 Å². The van der Waals surface area contributed by atoms with Gasteiger partial charge in [-0.2, -0.15) is 0 Å². The second kappa shape index (κ2) is 14.6. The number of ether oxygens (including phenoxy) is 2. The lowest BCUT2D eigenvalue weighted by molar-refractivity contribution is -0.130. The summed E-state index contributed by atoms with van der Waals surface area (Å²) in [5, 5.41) is 9.05. The number of rotatable bonds is 12. The number of benzene rings is 3. The first-order valence-electron chi connectivity index (χ1n) is 14.6. The summed E-state index contributed by atoms with van der Waals surface area (Å²) < 4.78 is 14.1. The van der Waals surface area contributed by atoms with E-state index in [1.165, 1.54) is 32.1 Å². The van der Waals surface area contributed by atoms with Gasteiger partial charge in [0, 0.05) is 46.1 Å². The molecule has 5 rings (SSSR count). The minimum absolute atomic E-state index is 0.0797. The summed E-state index contributed by atoms with van der Waals surface area (Å²) >= 11 is 7.40. The SMILES string of the molecule is O=C(NNCC1CCCCC1)[C@@]1(Cc2ccccc2Br)N=C(c2ccc(OCCCO)cc2)O[C@H]1c1ccccc1Br. The van der Waals surface area contributed by atoms with Gasteiger partial charge in [0.2, 0.25) is 5.90 Å². The third-order valence-corrected chi connectivity index (χ3v) is 9.45. The highest BCUT2D eigenvalue weighted by Crippen LogP contribution is 2.45. The zero-order valence-electron chi connectivity index (χ0n) is 23.5. The molecule has 0 aromatic heterocycles. The van der Waals surface area contributed by atoms with Gasteiger partial charge in [-0.25, -0.2) is 10.4 Å². The lowest BCUT2D eigenvalue weighted by Crippen LogP contribution is -2.54. The molecule has 1 aliphatic heterocycles. The van der Waals surface area contributed by atoms with E-state index in [2.05, 4.69) is 42.7 Å². The van der Waals surface area contributed by atoms with Crippen molar-refractivity contribution in [2.45, 2.75) is 56.6 Å². The highest BCUT2D eigenvalue weighted by Gasteiger charge is 2.54. The standard InChI is InChI=1S/C33H37Br2N3O4/c34-28-13-6-4-11-25(28)21-33(32(40)38-36-22-23-9-2-1-3-10-23)30(27-12-5-7-14-29(27)35)42-31(37-33)24-15-17-26(18-16-24)41-20-8-19-39/h4-7,11-18,23,30,36,39H,1-3,8-10,19-22H2,(H,38,40)/t30-,33-/m0/s1. The zero-order chi connectivity index (χ0) is 29.4. The van der Waals surface area contributed by atoms with Crippen LogP contribution in [0.15, 0.2) is 86.7 Å². The minimum atomic E-state index is -1.29. The molecule has 1 saturated carbocycles. The van der Waals surface area contributed by atoms with Crippen molar-refractivity contribution in [2.75, 3.05) is 19.8 Å². The van der Waals surface area contributed by atoms with E-state index in [4.69, 9.17) is 19.6 Å². The topological polar surface area (TPSA) is 92.2 Å². The summed E-state index contributed by atoms with van der Waals surface area (Å²) in [6.07, 6.45) is 6.32. The van der Waals surface area contributed by atoms with Crippen molar-refractivity contribution in [3.8, 4) is 5.75 Å². The van der Waals surface area contributed by atoms with Crippen LogP contribution >= 0.6 is 31.9 Å². The number of amides is 1. The molecule has 1 aliphatic carbocycles. The second-order valence-electron chi connectivity index (χ2n) is 10.9. The summed E-state index contributed by atoms with van der Waals surface area (Å²) in [5.74, 6) is 1.40. The van der Waals surface area contributed by atoms with Crippen LogP contribution in [0, 0.1) is 5.92 Å². The number of aliphatic imine (C=N–C) groups is 1. The summed E-state index contributed by atoms with van der Waals surface area (Å²) in [5.41, 5.74) is 7.54. The van der Waals surface area contributed by atoms with Crippen molar-refractivity contribution >= 4 is 43.7 Å². The van der Waals surface area contributed by atoms with Crippen molar-refractivity contribution in [2.24, 2.45) is 10.9 Å². The van der Waals surface area contributed by atoms with Crippen LogP contribution in [0.4, 0.5) is 0 Å². The molecule has 3 aromatic carbocycles. The maximum atomic E-state index is 14.4. The van der Waals surface area contributed by atoms with Crippen molar-refractivity contribution < 1.29 is 19.4 Å². The van der Waals surface area contributed by atoms with Gasteiger partial charge < -0.3 is 14.6 Å². The maximum absolute atomic E-state index is 14.4. The third-order valence-electron chi connectivity index (χ3n) is 7.95. The largest absolute Gasteiger partial charge is 0.494 e. The van der Waals surface area contributed by atoms with E-state index in [9.17, 15) is 4.79 Å². The van der Waals surface area contributed by atoms with Gasteiger partial charge in [-0.3, -0.25) is 10.2 Å². The average Bonchev–Trinajstić information content (AvgIpc) is 3.40. The molecule has 3 N–H and O–H groups in total. The monoisotopic (exact) mass is 697 g/mol. The third kappa shape index (κ3) is 7.25. The molecule has 0 bridgehead atoms. The predicted octanol–water partition coefficient (Wildman–Crippen LogP) is 6.67. The smallest absolute Gasteiger partial charge is 0.266 e. The van der Waals surface area contributed by atoms with Crippen molar-refractivity contribution in [3.05, 3.63) is 98.4 Å². The molecule has 3 aromatic rings. The summed E-state index contributed by atoms with van der Waals surface area (Å²) in [7, 11) is 0. The molecule has 42 heavy (non-hydrogen) atoms. The fourth-order valence-electron chi connectivity index (χ4n) is 5.65. The Hall–Kier alpha value is -2.72. The van der Waals surface area contributed by atoms with E-state index in [0.29, 0.717) is 37.0 Å². The van der Waals surface area contributed by atoms with E-state index in [0.717, 1.165) is 32.2 Å². The van der Waals surface area contributed by atoms with Crippen molar-refractivity contribution in [1.29, 1.82) is 0 Å². The van der Waals surface area contributed by atoms with Crippen LogP contribution in [-0.4, -0.2) is 42.2 Å². The van der Waals surface area contributed by atoms with Gasteiger partial charge in [0.1, 0.15) is 5.75 Å². The van der Waals surface area contributed by atoms with E-state index in [-0.39, 0.29) is 12.5 Å². The van der Waals surface area contributed by atoms with Gasteiger partial charge in [0.15, 0.2) is 11.6 Å². The van der Waals surface area contributed by atoms with E-state index in [1.54, 1.807) is 0 Å². The Kier molecular flexibility index (Phi) is 10.7. The van der Waals surface area contributed by atoms with Gasteiger partial charge in [-0.15, -0.1) is 0 Å². The Morgan fingerprint density at radius 2 is 1.69 bits per heavy atom. The van der Waals surface area contributed by atoms with E-state index < -0.39 is 11.6 Å². The van der Waals surface area contributed by atoms with Crippen LogP contribution in [-0.2, 0) is 16.0 Å². The van der Waals surface area contributed by atoms with E-state index in [1.807, 2.05) is 72.8 Å². The number of aliphatic hydroxyl groups excluding tert-OH is 1. The van der Waals surface area contributed by atoms with Crippen LogP contribution in [0.1, 0.15) is 61.3 Å². The molecule has 9 heteroatoms. The molecular formula is C33H37Br2N3O4. The Labute approximate surface area is 264 Å². The number of hydrazine groups is 1. The Balaban J connectivity index is 1.51. The van der Waals surface area contributed by atoms with E-state index >= 15 is 0 Å². The number of halogens is 2. The molecule has 7 nitrogen and oxygen atoms in total. The number of nitrogens with zero attached hydrogens (tertiary/aromatic N) is 1. The molecule has 1 amide bonds. The molecular weight excluding hydrogens is 662 g/mol. The Morgan fingerprint density at radius 3 is 2.40 bits per heavy atom. The highest BCUT2D eigenvalue weighted by atomic mass is 79.9. The number of nitrogens with one attached hydrogen (secondary N) is 2. The molecule has 0 saturated heterocycles. The fourth-order valence-corrected chi connectivity index (χ4v) is 6.57. The lowest BCUT2D eigenvalue weighted by atomic mass is 9.82. The van der Waals surface area contributed by atoms with Crippen LogP contribution in [0.25, 0.3) is 0 Å². The van der Waals surface area contributed by atoms with Gasteiger partial charge in [-0.1, -0.05) is 87.5 Å². The zero-order valence-corrected chi connectivity index (χ0v) is 26.7. The Bertz CT molecular complexity index is 1380. The van der Waals surface area contributed by atoms with Gasteiger partial charge in [-0.05, 0) is 60.7 Å². The second-order valence-corrected chi connectivity index (χ2v) is 12.6. The molecule has 0 radical (unpaired) electrons. The highest BCUT2D eigenvalue weighted by molar-refractivity contribution is 9.10. The fraction of sp³-hybridized carbons (Fsp3) is 0.394. The molecule has 1 fully saturated rings. The van der Waals surface area contributed by atoms with Crippen LogP contribution < -0.4 is 15.6 Å². The number of carbonyl (C=O) groups excluding carboxylic acids is 1. The van der Waals surface area contributed by atoms with Crippen molar-refractivity contribution in [3.63, 3.8) is 0 Å². The molecule has 1 heterocycles. The molecule has 2 atom stereocenters. The van der Waals surface area contributed by atoms with Gasteiger partial charge in [0.05, 0.1) is 6.61 Å². The quantitative estimate of drug-likeness (QED) is 0.145. The number of aliphatic hydroxyl groups is 1. The number of hydrogen-bond donors (Lipinski definition) is 3. The van der Waals surface area contributed by atoms with Gasteiger partial charge in [0.25, 0.3) is 5.91 Å². The summed E-state index contributed by atoms with van der Waals surface area (Å²) in [6.45, 7) is 1.24. The van der Waals surface area contributed by atoms with Crippen LogP contribution in [0.3, 0.4) is 0 Å². The predicted molar refractivity (Wildman–Crippen MR) is 171 cm³/mol. The normalized spacial score (nSPS) is 20.5. The molecule has 0 unspecified atom stereocenters. The summed E-state index contributed by atoms with van der Waals surface area (Å²) in [4.78, 5) is 19.5. The number of hydrogen-bond acceptors (Lipinski definition) is 6. The first-order chi connectivity index (χ1) is 20.5. The van der Waals surface area contributed by atoms with Crippen molar-refractivity contribution in [1.82, 2.24) is 10.9 Å². The molecule has 2 aliphatic rings. The molecule has 0 spiro atoms. The minimum Gasteiger partial charge on any atom is -0.494 e. The van der Waals surface area contributed by atoms with Crippen LogP contribution in [0.2, 0.25) is 0 Å². The maximum Gasteiger partial charge on any atom is 0.266 e. The first-order valence-corrected chi connectivity index (χ1v) is 16.2. The first kappa shape index (κ1) is 30.7. The van der Waals surface area contributed by atoms with Crippen LogP contribution in [0.5, 0.6) is 5.75 Å². The number of carbonyl (C=O) groups is 1.